The molecule has 2 heterocycles. The van der Waals surface area contributed by atoms with E-state index in [2.05, 4.69) is 20.3 Å². The minimum Gasteiger partial charge on any atom is -0.488 e. The SMILES string of the molecule is Nc1nonc1C(=O)NCC1Cc2ccccc2O1. The third-order valence-corrected chi connectivity index (χ3v) is 2.93. The van der Waals surface area contributed by atoms with E-state index >= 15 is 0 Å². The van der Waals surface area contributed by atoms with Crippen LogP contribution in [0.4, 0.5) is 5.82 Å². The van der Waals surface area contributed by atoms with E-state index in [0.29, 0.717) is 6.54 Å². The number of carbonyl (C=O) groups excluding carboxylic acids is 1. The van der Waals surface area contributed by atoms with Gasteiger partial charge in [-0.25, -0.2) is 4.63 Å². The number of nitrogens with two attached hydrogens (primary N) is 1. The Bertz CT molecular complexity index is 586. The summed E-state index contributed by atoms with van der Waals surface area (Å²) in [5.41, 5.74) is 6.57. The first-order chi connectivity index (χ1) is 9.24. The van der Waals surface area contributed by atoms with Crippen LogP contribution in [0.1, 0.15) is 16.1 Å². The Morgan fingerprint density at radius 2 is 2.26 bits per heavy atom. The standard InChI is InChI=1S/C12H12N4O3/c13-11-10(15-19-16-11)12(17)14-6-8-5-7-3-1-2-4-9(7)18-8/h1-4,8H,5-6H2,(H2,13,16)(H,14,17). The van der Waals surface area contributed by atoms with E-state index in [9.17, 15) is 4.79 Å². The fraction of sp³-hybridized carbons (Fsp3) is 0.250. The number of hydrogen-bond donors (Lipinski definition) is 2. The lowest BCUT2D eigenvalue weighted by atomic mass is 10.1. The molecule has 1 aromatic carbocycles. The fourth-order valence-corrected chi connectivity index (χ4v) is 2.01. The smallest absolute Gasteiger partial charge is 0.277 e. The van der Waals surface area contributed by atoms with E-state index in [1.807, 2.05) is 24.3 Å². The predicted octanol–water partition coefficient (Wildman–Crippen LogP) is 0.385. The number of anilines is 1. The number of nitrogen functional groups attached to an aromatic ring is 1. The predicted molar refractivity (Wildman–Crippen MR) is 65.6 cm³/mol. The molecule has 1 amide bonds. The van der Waals surface area contributed by atoms with Gasteiger partial charge in [-0.3, -0.25) is 4.79 Å². The number of amides is 1. The second-order valence-electron chi connectivity index (χ2n) is 4.26. The molecule has 0 bridgehead atoms. The lowest BCUT2D eigenvalue weighted by molar-refractivity contribution is 0.0924. The average Bonchev–Trinajstić information content (AvgIpc) is 3.01. The van der Waals surface area contributed by atoms with E-state index in [1.165, 1.54) is 0 Å². The van der Waals surface area contributed by atoms with Gasteiger partial charge in [0, 0.05) is 6.42 Å². The molecule has 0 fully saturated rings. The molecule has 3 N–H and O–H groups in total. The molecule has 1 aliphatic heterocycles. The minimum atomic E-state index is -0.418. The molecule has 7 nitrogen and oxygen atoms in total. The maximum Gasteiger partial charge on any atom is 0.277 e. The Morgan fingerprint density at radius 3 is 3.00 bits per heavy atom. The van der Waals surface area contributed by atoms with Crippen molar-refractivity contribution in [1.29, 1.82) is 0 Å². The van der Waals surface area contributed by atoms with Gasteiger partial charge in [0.25, 0.3) is 5.91 Å². The van der Waals surface area contributed by atoms with Gasteiger partial charge in [-0.2, -0.15) is 0 Å². The number of ether oxygens (including phenoxy) is 1. The molecule has 1 aromatic heterocycles. The van der Waals surface area contributed by atoms with Crippen molar-refractivity contribution in [1.82, 2.24) is 15.6 Å². The van der Waals surface area contributed by atoms with Gasteiger partial charge < -0.3 is 15.8 Å². The first kappa shape index (κ1) is 11.5. The molecule has 0 spiro atoms. The van der Waals surface area contributed by atoms with Crippen LogP contribution < -0.4 is 15.8 Å². The second-order valence-corrected chi connectivity index (χ2v) is 4.26. The number of fused-ring (bicyclic) bond motifs is 1. The summed E-state index contributed by atoms with van der Waals surface area (Å²) < 4.78 is 10.1. The Balaban J connectivity index is 1.58. The van der Waals surface area contributed by atoms with Crippen molar-refractivity contribution in [2.45, 2.75) is 12.5 Å². The first-order valence-corrected chi connectivity index (χ1v) is 5.85. The van der Waals surface area contributed by atoms with Gasteiger partial charge in [0.05, 0.1) is 6.54 Å². The summed E-state index contributed by atoms with van der Waals surface area (Å²) in [7, 11) is 0. The molecular weight excluding hydrogens is 248 g/mol. The average molecular weight is 260 g/mol. The summed E-state index contributed by atoms with van der Waals surface area (Å²) in [6.07, 6.45) is 0.686. The van der Waals surface area contributed by atoms with Crippen LogP contribution in [-0.2, 0) is 6.42 Å². The van der Waals surface area contributed by atoms with Gasteiger partial charge >= 0.3 is 0 Å². The van der Waals surface area contributed by atoms with Crippen molar-refractivity contribution < 1.29 is 14.2 Å². The zero-order valence-electron chi connectivity index (χ0n) is 10.00. The van der Waals surface area contributed by atoms with Gasteiger partial charge in [0.1, 0.15) is 11.9 Å². The highest BCUT2D eigenvalue weighted by Crippen LogP contribution is 2.27. The van der Waals surface area contributed by atoms with E-state index in [1.54, 1.807) is 0 Å². The van der Waals surface area contributed by atoms with Crippen molar-refractivity contribution in [3.63, 3.8) is 0 Å². The maximum absolute atomic E-state index is 11.7. The van der Waals surface area contributed by atoms with Crippen LogP contribution in [0.2, 0.25) is 0 Å². The molecule has 0 radical (unpaired) electrons. The minimum absolute atomic E-state index is 0.00416. The highest BCUT2D eigenvalue weighted by atomic mass is 16.6. The number of nitrogens with zero attached hydrogens (tertiary/aromatic N) is 2. The van der Waals surface area contributed by atoms with Crippen LogP contribution in [0.25, 0.3) is 0 Å². The monoisotopic (exact) mass is 260 g/mol. The summed E-state index contributed by atoms with van der Waals surface area (Å²) >= 11 is 0. The Morgan fingerprint density at radius 1 is 1.42 bits per heavy atom. The van der Waals surface area contributed by atoms with Crippen LogP contribution in [0.5, 0.6) is 5.75 Å². The van der Waals surface area contributed by atoms with E-state index in [0.717, 1.165) is 17.7 Å². The Labute approximate surface area is 108 Å². The van der Waals surface area contributed by atoms with E-state index in [4.69, 9.17) is 10.5 Å². The van der Waals surface area contributed by atoms with Gasteiger partial charge in [0.15, 0.2) is 0 Å². The summed E-state index contributed by atoms with van der Waals surface area (Å²) in [4.78, 5) is 11.7. The number of nitrogens with one attached hydrogen (secondary N) is 1. The Hall–Kier alpha value is -2.57. The number of aromatic nitrogens is 2. The lowest BCUT2D eigenvalue weighted by Gasteiger charge is -2.10. The normalized spacial score (nSPS) is 16.7. The number of carbonyl (C=O) groups is 1. The van der Waals surface area contributed by atoms with Crippen LogP contribution in [0.15, 0.2) is 28.9 Å². The molecule has 0 saturated heterocycles. The molecule has 98 valence electrons. The van der Waals surface area contributed by atoms with Crippen LogP contribution in [0.3, 0.4) is 0 Å². The fourth-order valence-electron chi connectivity index (χ4n) is 2.01. The summed E-state index contributed by atoms with van der Waals surface area (Å²) in [5, 5.41) is 9.48. The third-order valence-electron chi connectivity index (χ3n) is 2.93. The molecule has 1 atom stereocenters. The van der Waals surface area contributed by atoms with Gasteiger partial charge in [-0.1, -0.05) is 18.2 Å². The molecule has 1 aliphatic rings. The van der Waals surface area contributed by atoms with E-state index < -0.39 is 5.91 Å². The number of rotatable bonds is 3. The van der Waals surface area contributed by atoms with Crippen molar-refractivity contribution >= 4 is 11.7 Å². The topological polar surface area (TPSA) is 103 Å². The lowest BCUT2D eigenvalue weighted by Crippen LogP contribution is -2.34. The van der Waals surface area contributed by atoms with Gasteiger partial charge in [0.2, 0.25) is 11.5 Å². The summed E-state index contributed by atoms with van der Waals surface area (Å²) in [5.74, 6) is 0.427. The molecule has 0 saturated carbocycles. The number of benzene rings is 1. The zero-order valence-corrected chi connectivity index (χ0v) is 10.00. The molecule has 19 heavy (non-hydrogen) atoms. The van der Waals surface area contributed by atoms with Gasteiger partial charge in [-0.15, -0.1) is 0 Å². The molecular formula is C12H12N4O3. The van der Waals surface area contributed by atoms with Crippen LogP contribution in [-0.4, -0.2) is 28.9 Å². The van der Waals surface area contributed by atoms with Crippen LogP contribution in [0, 0.1) is 0 Å². The van der Waals surface area contributed by atoms with E-state index in [-0.39, 0.29) is 17.6 Å². The zero-order chi connectivity index (χ0) is 13.2. The number of para-hydroxylation sites is 1. The number of hydrogen-bond acceptors (Lipinski definition) is 6. The maximum atomic E-state index is 11.7. The quantitative estimate of drug-likeness (QED) is 0.827. The Kier molecular flexibility index (Phi) is 2.79. The summed E-state index contributed by atoms with van der Waals surface area (Å²) in [6, 6.07) is 7.81. The molecule has 7 heteroatoms. The highest BCUT2D eigenvalue weighted by Gasteiger charge is 2.24. The molecule has 3 rings (SSSR count). The van der Waals surface area contributed by atoms with Crippen molar-refractivity contribution in [3.8, 4) is 5.75 Å². The van der Waals surface area contributed by atoms with Crippen LogP contribution >= 0.6 is 0 Å². The summed E-state index contributed by atoms with van der Waals surface area (Å²) in [6.45, 7) is 0.375. The van der Waals surface area contributed by atoms with Crippen molar-refractivity contribution in [2.24, 2.45) is 0 Å². The first-order valence-electron chi connectivity index (χ1n) is 5.85. The van der Waals surface area contributed by atoms with Gasteiger partial charge in [-0.05, 0) is 21.9 Å². The van der Waals surface area contributed by atoms with Crippen molar-refractivity contribution in [2.75, 3.05) is 12.3 Å². The second kappa shape index (κ2) is 4.60. The van der Waals surface area contributed by atoms with Crippen molar-refractivity contribution in [3.05, 3.63) is 35.5 Å². The molecule has 0 aliphatic carbocycles. The largest absolute Gasteiger partial charge is 0.488 e. The third kappa shape index (κ3) is 2.22. The molecule has 1 unspecified atom stereocenters. The molecule has 2 aromatic rings. The highest BCUT2D eigenvalue weighted by molar-refractivity contribution is 5.95.